The molecule has 2 amide bonds. The normalized spacial score (nSPS) is 20.1. The molecule has 0 aliphatic carbocycles. The summed E-state index contributed by atoms with van der Waals surface area (Å²) in [6.07, 6.45) is 0.865. The molecule has 4 N–H and O–H groups in total. The number of nitrogens with two attached hydrogens (primary N) is 1. The summed E-state index contributed by atoms with van der Waals surface area (Å²) in [5.41, 5.74) is 6.22. The predicted octanol–water partition coefficient (Wildman–Crippen LogP) is 1.76. The van der Waals surface area contributed by atoms with Gasteiger partial charge in [-0.3, -0.25) is 14.5 Å². The Balaban J connectivity index is 1.52. The van der Waals surface area contributed by atoms with Crippen LogP contribution in [0, 0.1) is 6.92 Å². The third-order valence-electron chi connectivity index (χ3n) is 4.99. The van der Waals surface area contributed by atoms with Crippen molar-refractivity contribution in [2.24, 2.45) is 5.16 Å². The Morgan fingerprint density at radius 2 is 2.21 bits per heavy atom. The molecular weight excluding hydrogens is 507 g/mol. The van der Waals surface area contributed by atoms with E-state index in [1.54, 1.807) is 0 Å². The summed E-state index contributed by atoms with van der Waals surface area (Å²) >= 11 is 3.71. The number of halogens is 1. The Hall–Kier alpha value is -3.04. The van der Waals surface area contributed by atoms with Crippen molar-refractivity contribution in [3.05, 3.63) is 32.8 Å². The lowest BCUT2D eigenvalue weighted by atomic mass is 9.86. The second-order valence-electron chi connectivity index (χ2n) is 7.23. The monoisotopic (exact) mass is 526 g/mol. The first-order chi connectivity index (χ1) is 16.3. The number of nitrogen functional groups attached to an aromatic ring is 1. The maximum atomic E-state index is 12.9. The maximum absolute atomic E-state index is 12.9. The fraction of sp³-hybridized carbons (Fsp3) is 0.368. The Labute approximate surface area is 204 Å². The molecule has 11 nitrogen and oxygen atoms in total. The Kier molecular flexibility index (Phi) is 7.13. The van der Waals surface area contributed by atoms with Crippen LogP contribution >= 0.6 is 34.4 Å². The predicted molar refractivity (Wildman–Crippen MR) is 124 cm³/mol. The number of hydrogen-bond donors (Lipinski definition) is 3. The first kappa shape index (κ1) is 24.1. The molecule has 2 aliphatic rings. The van der Waals surface area contributed by atoms with E-state index in [4.69, 9.17) is 10.6 Å². The minimum Gasteiger partial charge on any atom is -0.477 e. The number of nitrogens with zero attached hydrogens (tertiary/aromatic N) is 4. The molecule has 0 bridgehead atoms. The number of alkyl halides is 1. The quantitative estimate of drug-likeness (QED) is 0.191. The van der Waals surface area contributed by atoms with Crippen molar-refractivity contribution in [1.82, 2.24) is 20.2 Å². The van der Waals surface area contributed by atoms with Gasteiger partial charge in [0.15, 0.2) is 15.2 Å². The molecule has 0 aromatic carbocycles. The fourth-order valence-electron chi connectivity index (χ4n) is 3.57. The molecule has 180 valence electrons. The van der Waals surface area contributed by atoms with Crippen LogP contribution in [0.2, 0.25) is 0 Å². The van der Waals surface area contributed by atoms with Gasteiger partial charge in [0, 0.05) is 21.4 Å². The average molecular weight is 527 g/mol. The summed E-state index contributed by atoms with van der Waals surface area (Å²) in [5.74, 6) is -2.54. The molecule has 1 saturated heterocycles. The standard InChI is InChI=1S/C19H19FN6O5S3/c1-8-6-33-19(22-8)34-11-3-2-10-13(16(28)26(10)14(11)17(29)30)24-15(27)12(25-31-5-4-20)9-7-32-18(21)23-9/h6-7,10,13H,2-5H2,1H3,(H2,21,23)(H,24,27)(H,29,30)/b25-12+/t10-,13+/m1/s1. The van der Waals surface area contributed by atoms with Crippen LogP contribution in [0.25, 0.3) is 0 Å². The van der Waals surface area contributed by atoms with Crippen LogP contribution in [-0.4, -0.2) is 68.8 Å². The number of thioether (sulfide) groups is 1. The number of carboxylic acids is 1. The minimum absolute atomic E-state index is 0.1000. The first-order valence-electron chi connectivity index (χ1n) is 9.97. The highest BCUT2D eigenvalue weighted by Crippen LogP contribution is 2.43. The number of amides is 2. The summed E-state index contributed by atoms with van der Waals surface area (Å²) in [6.45, 7) is 0.679. The topological polar surface area (TPSA) is 160 Å². The number of anilines is 1. The number of carboxylic acid groups (broad SMARTS) is 1. The van der Waals surface area contributed by atoms with Gasteiger partial charge in [-0.15, -0.1) is 22.7 Å². The van der Waals surface area contributed by atoms with Crippen molar-refractivity contribution in [1.29, 1.82) is 0 Å². The fourth-order valence-corrected chi connectivity index (χ4v) is 6.18. The number of β-lactam (4-membered cyclic amide) rings is 1. The van der Waals surface area contributed by atoms with Gasteiger partial charge in [-0.1, -0.05) is 16.9 Å². The number of aliphatic carboxylic acids is 1. The lowest BCUT2D eigenvalue weighted by molar-refractivity contribution is -0.155. The molecular formula is C19H19FN6O5S3. The van der Waals surface area contributed by atoms with Gasteiger partial charge < -0.3 is 21.0 Å². The van der Waals surface area contributed by atoms with E-state index in [1.807, 2.05) is 12.3 Å². The molecule has 2 aromatic rings. The number of fused-ring (bicyclic) bond motifs is 1. The highest BCUT2D eigenvalue weighted by atomic mass is 32.2. The molecule has 0 unspecified atom stereocenters. The SMILES string of the molecule is Cc1csc(SC2=C(C(=O)O)N3C(=O)[C@@H](NC(=O)/C(=N/OCCF)c4csc(N)n4)[C@H]3CC2)n1. The molecule has 0 spiro atoms. The van der Waals surface area contributed by atoms with Gasteiger partial charge in [0.25, 0.3) is 11.8 Å². The van der Waals surface area contributed by atoms with Gasteiger partial charge in [-0.25, -0.2) is 19.2 Å². The molecule has 34 heavy (non-hydrogen) atoms. The molecule has 4 heterocycles. The van der Waals surface area contributed by atoms with E-state index in [0.717, 1.165) is 17.0 Å². The zero-order valence-electron chi connectivity index (χ0n) is 17.7. The van der Waals surface area contributed by atoms with Crippen LogP contribution in [0.3, 0.4) is 0 Å². The van der Waals surface area contributed by atoms with Crippen molar-refractivity contribution in [2.75, 3.05) is 19.0 Å². The number of aromatic nitrogens is 2. The Morgan fingerprint density at radius 3 is 2.82 bits per heavy atom. The zero-order valence-corrected chi connectivity index (χ0v) is 20.1. The molecule has 0 radical (unpaired) electrons. The van der Waals surface area contributed by atoms with Gasteiger partial charge >= 0.3 is 5.97 Å². The van der Waals surface area contributed by atoms with Crippen molar-refractivity contribution in [2.45, 2.75) is 36.2 Å². The number of aryl methyl sites for hydroxylation is 1. The van der Waals surface area contributed by atoms with Gasteiger partial charge in [0.1, 0.15) is 30.7 Å². The lowest BCUT2D eigenvalue weighted by Gasteiger charge is -2.50. The van der Waals surface area contributed by atoms with Crippen LogP contribution in [-0.2, 0) is 19.2 Å². The van der Waals surface area contributed by atoms with Crippen LogP contribution in [0.15, 0.2) is 30.9 Å². The molecule has 2 aliphatic heterocycles. The first-order valence-corrected chi connectivity index (χ1v) is 12.6. The Morgan fingerprint density at radius 1 is 1.41 bits per heavy atom. The minimum atomic E-state index is -1.22. The smallest absolute Gasteiger partial charge is 0.353 e. The number of hydrogen-bond acceptors (Lipinski definition) is 11. The van der Waals surface area contributed by atoms with E-state index in [0.29, 0.717) is 22.1 Å². The number of rotatable bonds is 9. The number of carbonyl (C=O) groups is 3. The van der Waals surface area contributed by atoms with E-state index in [1.165, 1.54) is 33.4 Å². The highest BCUT2D eigenvalue weighted by Gasteiger charge is 2.54. The van der Waals surface area contributed by atoms with Crippen molar-refractivity contribution < 1.29 is 28.7 Å². The van der Waals surface area contributed by atoms with E-state index in [9.17, 15) is 23.9 Å². The van der Waals surface area contributed by atoms with Crippen LogP contribution < -0.4 is 11.1 Å². The van der Waals surface area contributed by atoms with Gasteiger partial charge in [0.05, 0.1) is 6.04 Å². The summed E-state index contributed by atoms with van der Waals surface area (Å²) in [4.78, 5) is 52.7. The number of oxime groups is 1. The average Bonchev–Trinajstić information content (AvgIpc) is 3.42. The second kappa shape index (κ2) is 10.1. The van der Waals surface area contributed by atoms with E-state index >= 15 is 0 Å². The summed E-state index contributed by atoms with van der Waals surface area (Å²) < 4.78 is 13.1. The van der Waals surface area contributed by atoms with Crippen molar-refractivity contribution >= 4 is 63.1 Å². The molecule has 4 rings (SSSR count). The van der Waals surface area contributed by atoms with Crippen LogP contribution in [0.1, 0.15) is 24.2 Å². The number of allylic oxidation sites excluding steroid dienone is 1. The largest absolute Gasteiger partial charge is 0.477 e. The summed E-state index contributed by atoms with van der Waals surface area (Å²) in [7, 11) is 0. The van der Waals surface area contributed by atoms with E-state index in [-0.39, 0.29) is 28.8 Å². The second-order valence-corrected chi connectivity index (χ2v) is 10.3. The molecule has 15 heteroatoms. The summed E-state index contributed by atoms with van der Waals surface area (Å²) in [5, 5.41) is 19.6. The molecule has 2 atom stereocenters. The third kappa shape index (κ3) is 4.76. The van der Waals surface area contributed by atoms with Crippen LogP contribution in [0.5, 0.6) is 0 Å². The number of thiazole rings is 2. The highest BCUT2D eigenvalue weighted by molar-refractivity contribution is 8.04. The van der Waals surface area contributed by atoms with Crippen molar-refractivity contribution in [3.63, 3.8) is 0 Å². The van der Waals surface area contributed by atoms with E-state index in [2.05, 4.69) is 20.4 Å². The maximum Gasteiger partial charge on any atom is 0.353 e. The van der Waals surface area contributed by atoms with Gasteiger partial charge in [0.2, 0.25) is 0 Å². The molecule has 1 fully saturated rings. The summed E-state index contributed by atoms with van der Waals surface area (Å²) in [6, 6.07) is -1.48. The molecule has 0 saturated carbocycles. The van der Waals surface area contributed by atoms with Gasteiger partial charge in [-0.05, 0) is 19.8 Å². The number of nitrogens with one attached hydrogen (secondary N) is 1. The van der Waals surface area contributed by atoms with Gasteiger partial charge in [-0.2, -0.15) is 0 Å². The zero-order chi connectivity index (χ0) is 24.4. The van der Waals surface area contributed by atoms with Crippen molar-refractivity contribution in [3.8, 4) is 0 Å². The third-order valence-corrected chi connectivity index (χ3v) is 7.87. The lowest BCUT2D eigenvalue weighted by Crippen LogP contribution is -2.72. The van der Waals surface area contributed by atoms with E-state index < -0.39 is 36.5 Å². The van der Waals surface area contributed by atoms with Crippen LogP contribution in [0.4, 0.5) is 9.52 Å². The Bertz CT molecular complexity index is 1190. The molecule has 2 aromatic heterocycles. The number of carbonyl (C=O) groups excluding carboxylic acids is 2.